The number of amidine groups is 1. The van der Waals surface area contributed by atoms with Crippen molar-refractivity contribution in [3.8, 4) is 11.1 Å². The van der Waals surface area contributed by atoms with Crippen LogP contribution in [0.1, 0.15) is 17.5 Å². The maximum absolute atomic E-state index is 13.0. The molecule has 0 atom stereocenters. The molecular formula is C30H33F3N4O5S. The van der Waals surface area contributed by atoms with Crippen molar-refractivity contribution in [1.29, 1.82) is 0 Å². The Labute approximate surface area is 248 Å². The molecule has 0 saturated heterocycles. The molecule has 230 valence electrons. The monoisotopic (exact) mass is 618 g/mol. The Balaban J connectivity index is 0.000000646. The lowest BCUT2D eigenvalue weighted by atomic mass is 10.1. The van der Waals surface area contributed by atoms with E-state index in [0.717, 1.165) is 47.6 Å². The molecule has 1 aliphatic heterocycles. The second-order valence-corrected chi connectivity index (χ2v) is 11.7. The fourth-order valence-corrected chi connectivity index (χ4v) is 5.21. The molecule has 1 amide bonds. The SMILES string of the molecule is CN(CCc1ccc(C2=NCCN2)cc1)C(=O)CCN(C)S(=O)(=O)c1ccc(-c2ccccc2)cc1.O=C(O)C(F)(F)F. The summed E-state index contributed by atoms with van der Waals surface area (Å²) in [4.78, 5) is 27.8. The molecule has 3 aromatic carbocycles. The predicted octanol–water partition coefficient (Wildman–Crippen LogP) is 4.05. The van der Waals surface area contributed by atoms with Crippen molar-refractivity contribution in [3.05, 3.63) is 90.0 Å². The minimum atomic E-state index is -5.08. The Morgan fingerprint density at radius 1 is 0.884 bits per heavy atom. The van der Waals surface area contributed by atoms with Gasteiger partial charge in [-0.1, -0.05) is 66.7 Å². The number of carbonyl (C=O) groups excluding carboxylic acids is 1. The van der Waals surface area contributed by atoms with Gasteiger partial charge in [0.1, 0.15) is 5.84 Å². The quantitative estimate of drug-likeness (QED) is 0.354. The number of benzene rings is 3. The van der Waals surface area contributed by atoms with Crippen LogP contribution in [-0.4, -0.2) is 86.9 Å². The molecule has 0 aromatic heterocycles. The van der Waals surface area contributed by atoms with Crippen LogP contribution in [0.4, 0.5) is 13.2 Å². The summed E-state index contributed by atoms with van der Waals surface area (Å²) < 4.78 is 58.9. The number of rotatable bonds is 10. The first-order chi connectivity index (χ1) is 20.3. The van der Waals surface area contributed by atoms with E-state index in [1.165, 1.54) is 11.4 Å². The Morgan fingerprint density at radius 3 is 1.98 bits per heavy atom. The highest BCUT2D eigenvalue weighted by molar-refractivity contribution is 7.89. The molecule has 1 heterocycles. The predicted molar refractivity (Wildman–Crippen MR) is 157 cm³/mol. The van der Waals surface area contributed by atoms with E-state index in [-0.39, 0.29) is 23.8 Å². The first kappa shape index (κ1) is 33.3. The van der Waals surface area contributed by atoms with Crippen LogP contribution in [0.3, 0.4) is 0 Å². The van der Waals surface area contributed by atoms with Gasteiger partial charge in [-0.25, -0.2) is 17.5 Å². The molecule has 0 fully saturated rings. The summed E-state index contributed by atoms with van der Waals surface area (Å²) >= 11 is 0. The molecule has 0 unspecified atom stereocenters. The summed E-state index contributed by atoms with van der Waals surface area (Å²) in [5, 5.41) is 10.4. The van der Waals surface area contributed by atoms with Gasteiger partial charge in [0.25, 0.3) is 0 Å². The van der Waals surface area contributed by atoms with Gasteiger partial charge in [-0.2, -0.15) is 13.2 Å². The first-order valence-electron chi connectivity index (χ1n) is 13.3. The zero-order valence-electron chi connectivity index (χ0n) is 23.7. The van der Waals surface area contributed by atoms with Gasteiger partial charge < -0.3 is 15.3 Å². The Morgan fingerprint density at radius 2 is 1.44 bits per heavy atom. The van der Waals surface area contributed by atoms with Crippen molar-refractivity contribution in [2.45, 2.75) is 23.9 Å². The van der Waals surface area contributed by atoms with E-state index in [0.29, 0.717) is 6.54 Å². The van der Waals surface area contributed by atoms with Crippen LogP contribution >= 0.6 is 0 Å². The van der Waals surface area contributed by atoms with Crippen LogP contribution in [0.25, 0.3) is 11.1 Å². The van der Waals surface area contributed by atoms with Crippen LogP contribution < -0.4 is 5.32 Å². The number of carboxylic acid groups (broad SMARTS) is 1. The van der Waals surface area contributed by atoms with E-state index in [4.69, 9.17) is 9.90 Å². The largest absolute Gasteiger partial charge is 0.490 e. The number of halogens is 3. The molecule has 9 nitrogen and oxygen atoms in total. The molecule has 0 bridgehead atoms. The van der Waals surface area contributed by atoms with Crippen LogP contribution in [0.15, 0.2) is 88.8 Å². The van der Waals surface area contributed by atoms with Gasteiger partial charge in [0, 0.05) is 45.7 Å². The summed E-state index contributed by atoms with van der Waals surface area (Å²) in [6.07, 6.45) is -4.23. The standard InChI is InChI=1S/C28H32N4O3S.C2HF3O2/c1-31(20-16-22-8-10-25(11-9-22)28-29-18-19-30-28)27(33)17-21-32(2)36(34,35)26-14-12-24(13-15-26)23-6-4-3-5-7-23;3-2(4,5)1(6)7/h3-15H,16-21H2,1-2H3,(H,29,30);(H,6,7). The lowest BCUT2D eigenvalue weighted by Gasteiger charge is -2.21. The van der Waals surface area contributed by atoms with Crippen LogP contribution in [0, 0.1) is 0 Å². The van der Waals surface area contributed by atoms with E-state index >= 15 is 0 Å². The van der Waals surface area contributed by atoms with E-state index < -0.39 is 22.2 Å². The molecule has 0 saturated carbocycles. The smallest absolute Gasteiger partial charge is 0.475 e. The highest BCUT2D eigenvalue weighted by Crippen LogP contribution is 2.22. The third-order valence-corrected chi connectivity index (χ3v) is 8.49. The summed E-state index contributed by atoms with van der Waals surface area (Å²) in [6, 6.07) is 24.8. The van der Waals surface area contributed by atoms with Gasteiger partial charge >= 0.3 is 12.1 Å². The van der Waals surface area contributed by atoms with Gasteiger partial charge in [0.15, 0.2) is 0 Å². The molecule has 1 aliphatic rings. The molecule has 4 rings (SSSR count). The van der Waals surface area contributed by atoms with Crippen molar-refractivity contribution in [2.75, 3.05) is 40.3 Å². The van der Waals surface area contributed by atoms with Crippen molar-refractivity contribution in [3.63, 3.8) is 0 Å². The fourth-order valence-electron chi connectivity index (χ4n) is 4.04. The number of alkyl halides is 3. The molecule has 0 radical (unpaired) electrons. The number of aliphatic carboxylic acids is 1. The summed E-state index contributed by atoms with van der Waals surface area (Å²) in [7, 11) is -0.411. The molecule has 0 aliphatic carbocycles. The Hall–Kier alpha value is -4.23. The van der Waals surface area contributed by atoms with E-state index in [1.807, 2.05) is 42.5 Å². The van der Waals surface area contributed by atoms with Gasteiger partial charge in [0.2, 0.25) is 15.9 Å². The van der Waals surface area contributed by atoms with Crippen molar-refractivity contribution in [1.82, 2.24) is 14.5 Å². The number of sulfonamides is 1. The second-order valence-electron chi connectivity index (χ2n) is 9.69. The van der Waals surface area contributed by atoms with E-state index in [2.05, 4.69) is 22.4 Å². The maximum Gasteiger partial charge on any atom is 0.490 e. The van der Waals surface area contributed by atoms with Crippen molar-refractivity contribution in [2.24, 2.45) is 4.99 Å². The number of nitrogens with zero attached hydrogens (tertiary/aromatic N) is 3. The highest BCUT2D eigenvalue weighted by atomic mass is 32.2. The first-order valence-corrected chi connectivity index (χ1v) is 14.8. The average Bonchev–Trinajstić information content (AvgIpc) is 3.54. The van der Waals surface area contributed by atoms with Gasteiger partial charge in [-0.3, -0.25) is 9.79 Å². The number of nitrogens with one attached hydrogen (secondary N) is 1. The van der Waals surface area contributed by atoms with E-state index in [9.17, 15) is 26.4 Å². The molecule has 0 spiro atoms. The summed E-state index contributed by atoms with van der Waals surface area (Å²) in [5.74, 6) is -1.91. The third kappa shape index (κ3) is 9.65. The number of carboxylic acids is 1. The van der Waals surface area contributed by atoms with Crippen LogP contribution in [0.2, 0.25) is 0 Å². The number of aliphatic imine (C=N–C) groups is 1. The number of hydrogen-bond donors (Lipinski definition) is 2. The lowest BCUT2D eigenvalue weighted by molar-refractivity contribution is -0.192. The van der Waals surface area contributed by atoms with Crippen molar-refractivity contribution < 1.29 is 36.3 Å². The minimum absolute atomic E-state index is 0.0855. The van der Waals surface area contributed by atoms with Crippen LogP contribution in [0.5, 0.6) is 0 Å². The number of carbonyl (C=O) groups is 2. The van der Waals surface area contributed by atoms with Gasteiger partial charge in [0.05, 0.1) is 11.4 Å². The zero-order valence-corrected chi connectivity index (χ0v) is 24.5. The Bertz CT molecular complexity index is 1510. The molecule has 43 heavy (non-hydrogen) atoms. The second kappa shape index (κ2) is 14.8. The normalized spacial score (nSPS) is 13.0. The summed E-state index contributed by atoms with van der Waals surface area (Å²) in [6.45, 7) is 2.37. The van der Waals surface area contributed by atoms with Gasteiger partial charge in [-0.15, -0.1) is 0 Å². The number of likely N-dealkylation sites (N-methyl/N-ethyl adjacent to an activating group) is 1. The van der Waals surface area contributed by atoms with Gasteiger partial charge in [-0.05, 0) is 35.2 Å². The lowest BCUT2D eigenvalue weighted by Crippen LogP contribution is -2.34. The molecular weight excluding hydrogens is 585 g/mol. The Kier molecular flexibility index (Phi) is 11.4. The van der Waals surface area contributed by atoms with Crippen LogP contribution in [-0.2, 0) is 26.0 Å². The molecule has 3 aromatic rings. The minimum Gasteiger partial charge on any atom is -0.475 e. The summed E-state index contributed by atoms with van der Waals surface area (Å²) in [5.41, 5.74) is 4.18. The molecule has 2 N–H and O–H groups in total. The third-order valence-electron chi connectivity index (χ3n) is 6.62. The van der Waals surface area contributed by atoms with Crippen molar-refractivity contribution >= 4 is 27.7 Å². The number of hydrogen-bond acceptors (Lipinski definition) is 6. The number of amides is 1. The zero-order chi connectivity index (χ0) is 31.6. The topological polar surface area (TPSA) is 119 Å². The average molecular weight is 619 g/mol. The van der Waals surface area contributed by atoms with E-state index in [1.54, 1.807) is 36.2 Å². The maximum atomic E-state index is 13.0. The molecule has 13 heteroatoms. The fraction of sp³-hybridized carbons (Fsp3) is 0.300. The highest BCUT2D eigenvalue weighted by Gasteiger charge is 2.38.